The van der Waals surface area contributed by atoms with Gasteiger partial charge in [0.15, 0.2) is 0 Å². The Morgan fingerprint density at radius 1 is 1.33 bits per heavy atom. The maximum atomic E-state index is 12.7. The molecule has 4 nitrogen and oxygen atoms in total. The Labute approximate surface area is 125 Å². The first kappa shape index (κ1) is 15.5. The van der Waals surface area contributed by atoms with Gasteiger partial charge in [0.2, 0.25) is 0 Å². The van der Waals surface area contributed by atoms with E-state index in [1.165, 1.54) is 0 Å². The van der Waals surface area contributed by atoms with E-state index in [1.54, 1.807) is 0 Å². The number of rotatable bonds is 4. The molecule has 0 unspecified atom stereocenters. The topological polar surface area (TPSA) is 57.6 Å². The van der Waals surface area contributed by atoms with E-state index < -0.39 is 5.97 Å². The number of nitrogens with zero attached hydrogens (tertiary/aromatic N) is 1. The minimum Gasteiger partial charge on any atom is -0.481 e. The van der Waals surface area contributed by atoms with E-state index in [0.717, 1.165) is 36.1 Å². The van der Waals surface area contributed by atoms with E-state index in [0.29, 0.717) is 18.9 Å². The number of carbonyl (C=O) groups is 2. The molecule has 2 rings (SSSR count). The minimum atomic E-state index is -0.757. The van der Waals surface area contributed by atoms with Crippen molar-refractivity contribution < 1.29 is 14.7 Å². The summed E-state index contributed by atoms with van der Waals surface area (Å²) < 4.78 is 0. The Hall–Kier alpha value is -1.84. The number of aliphatic carboxylic acids is 1. The van der Waals surface area contributed by atoms with Crippen LogP contribution in [0.4, 0.5) is 0 Å². The van der Waals surface area contributed by atoms with Gasteiger partial charge in [-0.05, 0) is 56.2 Å². The summed E-state index contributed by atoms with van der Waals surface area (Å²) in [5, 5.41) is 8.78. The molecular formula is C17H23NO3. The summed E-state index contributed by atoms with van der Waals surface area (Å²) in [5.41, 5.74) is 2.93. The third-order valence-corrected chi connectivity index (χ3v) is 4.41. The van der Waals surface area contributed by atoms with Crippen molar-refractivity contribution >= 4 is 11.9 Å². The van der Waals surface area contributed by atoms with E-state index in [-0.39, 0.29) is 12.3 Å². The van der Waals surface area contributed by atoms with Crippen LogP contribution in [-0.2, 0) is 4.79 Å². The quantitative estimate of drug-likeness (QED) is 0.927. The van der Waals surface area contributed by atoms with Gasteiger partial charge < -0.3 is 10.0 Å². The summed E-state index contributed by atoms with van der Waals surface area (Å²) in [6.07, 6.45) is 2.83. The van der Waals surface area contributed by atoms with Crippen molar-refractivity contribution in [1.29, 1.82) is 0 Å². The molecule has 0 radical (unpaired) electrons. The van der Waals surface area contributed by atoms with Gasteiger partial charge in [-0.1, -0.05) is 12.1 Å². The van der Waals surface area contributed by atoms with Gasteiger partial charge in [0.25, 0.3) is 5.91 Å². The van der Waals surface area contributed by atoms with Crippen LogP contribution in [0.2, 0.25) is 0 Å². The van der Waals surface area contributed by atoms with Crippen molar-refractivity contribution in [3.05, 3.63) is 34.9 Å². The van der Waals surface area contributed by atoms with E-state index in [4.69, 9.17) is 5.11 Å². The molecule has 0 spiro atoms. The molecule has 1 aromatic carbocycles. The summed E-state index contributed by atoms with van der Waals surface area (Å²) in [7, 11) is 0. The maximum Gasteiger partial charge on any atom is 0.303 e. The van der Waals surface area contributed by atoms with Crippen molar-refractivity contribution in [2.24, 2.45) is 5.92 Å². The van der Waals surface area contributed by atoms with Gasteiger partial charge in [-0.2, -0.15) is 0 Å². The van der Waals surface area contributed by atoms with E-state index >= 15 is 0 Å². The highest BCUT2D eigenvalue weighted by Crippen LogP contribution is 2.23. The van der Waals surface area contributed by atoms with Crippen LogP contribution in [0.25, 0.3) is 0 Å². The number of hydrogen-bond acceptors (Lipinski definition) is 2. The number of hydrogen-bond donors (Lipinski definition) is 1. The second-order valence-electron chi connectivity index (χ2n) is 5.94. The highest BCUT2D eigenvalue weighted by Gasteiger charge is 2.25. The average molecular weight is 289 g/mol. The van der Waals surface area contributed by atoms with Crippen LogP contribution in [0.1, 0.15) is 47.2 Å². The standard InChI is InChI=1S/C17H23NO3/c1-12-5-3-7-15(13(12)2)17(21)18-10-4-6-14(11-18)8-9-16(19)20/h3,5,7,14H,4,6,8-11H2,1-2H3,(H,19,20)/t14-/m1/s1. The number of piperidine rings is 1. The molecule has 0 aromatic heterocycles. The number of likely N-dealkylation sites (tertiary alicyclic amines) is 1. The molecule has 1 aromatic rings. The van der Waals surface area contributed by atoms with E-state index in [1.807, 2.05) is 36.9 Å². The molecule has 1 atom stereocenters. The molecule has 0 saturated carbocycles. The third-order valence-electron chi connectivity index (χ3n) is 4.41. The predicted molar refractivity (Wildman–Crippen MR) is 81.4 cm³/mol. The number of carboxylic acid groups (broad SMARTS) is 1. The van der Waals surface area contributed by atoms with Gasteiger partial charge in [-0.25, -0.2) is 0 Å². The lowest BCUT2D eigenvalue weighted by molar-refractivity contribution is -0.137. The van der Waals surface area contributed by atoms with Gasteiger partial charge in [0.1, 0.15) is 0 Å². The van der Waals surface area contributed by atoms with Crippen molar-refractivity contribution in [3.8, 4) is 0 Å². The average Bonchev–Trinajstić information content (AvgIpc) is 2.47. The Kier molecular flexibility index (Phi) is 4.99. The van der Waals surface area contributed by atoms with E-state index in [2.05, 4.69) is 0 Å². The fourth-order valence-corrected chi connectivity index (χ4v) is 2.97. The number of benzene rings is 1. The van der Waals surface area contributed by atoms with Crippen molar-refractivity contribution in [3.63, 3.8) is 0 Å². The SMILES string of the molecule is Cc1cccc(C(=O)N2CCC[C@H](CCC(=O)O)C2)c1C. The Morgan fingerprint density at radius 3 is 2.81 bits per heavy atom. The van der Waals surface area contributed by atoms with Gasteiger partial charge in [-0.15, -0.1) is 0 Å². The Morgan fingerprint density at radius 2 is 2.10 bits per heavy atom. The summed E-state index contributed by atoms with van der Waals surface area (Å²) in [6, 6.07) is 5.81. The molecule has 4 heteroatoms. The highest BCUT2D eigenvalue weighted by atomic mass is 16.4. The van der Waals surface area contributed by atoms with Crippen molar-refractivity contribution in [2.75, 3.05) is 13.1 Å². The molecule has 114 valence electrons. The molecule has 0 bridgehead atoms. The Bertz CT molecular complexity index is 539. The third kappa shape index (κ3) is 3.84. The van der Waals surface area contributed by atoms with Crippen LogP contribution >= 0.6 is 0 Å². The second-order valence-corrected chi connectivity index (χ2v) is 5.94. The summed E-state index contributed by atoms with van der Waals surface area (Å²) in [6.45, 7) is 5.45. The molecule has 1 aliphatic rings. The van der Waals surface area contributed by atoms with Crippen molar-refractivity contribution in [2.45, 2.75) is 39.5 Å². The fraction of sp³-hybridized carbons (Fsp3) is 0.529. The first-order chi connectivity index (χ1) is 9.99. The monoisotopic (exact) mass is 289 g/mol. The molecular weight excluding hydrogens is 266 g/mol. The lowest BCUT2D eigenvalue weighted by atomic mass is 9.92. The predicted octanol–water partition coefficient (Wildman–Crippen LogP) is 3.02. The smallest absolute Gasteiger partial charge is 0.303 e. The van der Waals surface area contributed by atoms with Crippen LogP contribution < -0.4 is 0 Å². The normalized spacial score (nSPS) is 18.6. The lowest BCUT2D eigenvalue weighted by Gasteiger charge is -2.33. The summed E-state index contributed by atoms with van der Waals surface area (Å²) in [5.74, 6) is -0.367. The number of aryl methyl sites for hydroxylation is 1. The van der Waals surface area contributed by atoms with Crippen LogP contribution in [0, 0.1) is 19.8 Å². The Balaban J connectivity index is 2.05. The summed E-state index contributed by atoms with van der Waals surface area (Å²) in [4.78, 5) is 25.2. The molecule has 21 heavy (non-hydrogen) atoms. The van der Waals surface area contributed by atoms with E-state index in [9.17, 15) is 9.59 Å². The molecule has 1 amide bonds. The molecule has 1 N–H and O–H groups in total. The fourth-order valence-electron chi connectivity index (χ4n) is 2.97. The molecule has 1 fully saturated rings. The molecule has 0 aliphatic carbocycles. The number of carboxylic acids is 1. The van der Waals surface area contributed by atoms with Gasteiger partial charge in [0.05, 0.1) is 0 Å². The highest BCUT2D eigenvalue weighted by molar-refractivity contribution is 5.96. The number of amides is 1. The van der Waals surface area contributed by atoms with Gasteiger partial charge >= 0.3 is 5.97 Å². The van der Waals surface area contributed by atoms with Crippen LogP contribution in [0.3, 0.4) is 0 Å². The second kappa shape index (κ2) is 6.74. The van der Waals surface area contributed by atoms with Gasteiger partial charge in [-0.3, -0.25) is 9.59 Å². The lowest BCUT2D eigenvalue weighted by Crippen LogP contribution is -2.40. The zero-order valence-electron chi connectivity index (χ0n) is 12.8. The zero-order valence-corrected chi connectivity index (χ0v) is 12.8. The van der Waals surface area contributed by atoms with Crippen LogP contribution in [-0.4, -0.2) is 35.0 Å². The number of carbonyl (C=O) groups excluding carboxylic acids is 1. The zero-order chi connectivity index (χ0) is 15.4. The first-order valence-corrected chi connectivity index (χ1v) is 7.56. The largest absolute Gasteiger partial charge is 0.481 e. The van der Waals surface area contributed by atoms with Gasteiger partial charge in [0, 0.05) is 25.1 Å². The minimum absolute atomic E-state index is 0.0798. The first-order valence-electron chi connectivity index (χ1n) is 7.56. The van der Waals surface area contributed by atoms with Crippen LogP contribution in [0.5, 0.6) is 0 Å². The summed E-state index contributed by atoms with van der Waals surface area (Å²) >= 11 is 0. The van der Waals surface area contributed by atoms with Crippen molar-refractivity contribution in [1.82, 2.24) is 4.90 Å². The molecule has 1 heterocycles. The maximum absolute atomic E-state index is 12.7. The molecule has 1 saturated heterocycles. The molecule has 1 aliphatic heterocycles. The van der Waals surface area contributed by atoms with Crippen LogP contribution in [0.15, 0.2) is 18.2 Å².